The van der Waals surface area contributed by atoms with E-state index in [1.807, 2.05) is 0 Å². The summed E-state index contributed by atoms with van der Waals surface area (Å²) in [5.74, 6) is -0.456. The third-order valence-corrected chi connectivity index (χ3v) is 21.7. The topological polar surface area (TPSA) is 126 Å². The van der Waals surface area contributed by atoms with E-state index in [1.54, 1.807) is 0 Å². The summed E-state index contributed by atoms with van der Waals surface area (Å²) < 4.78 is 70.6. The average molecular weight is 1320 g/mol. The van der Waals surface area contributed by atoms with Gasteiger partial charge in [-0.25, -0.2) is 0 Å². The number of esters is 2. The van der Waals surface area contributed by atoms with E-state index in [9.17, 15) is 9.59 Å². The molecule has 0 N–H and O–H groups in total. The molecule has 2 aliphatic heterocycles. The number of hydrogen-bond donors (Lipinski definition) is 0. The van der Waals surface area contributed by atoms with Crippen molar-refractivity contribution < 1.29 is 55.1 Å². The molecule has 10 atom stereocenters. The molecule has 2 aliphatic rings. The smallest absolute Gasteiger partial charge is 0.305 e. The van der Waals surface area contributed by atoms with Gasteiger partial charge in [-0.3, -0.25) is 9.59 Å². The molecule has 0 bridgehead atoms. The molecule has 2 fully saturated rings. The van der Waals surface area contributed by atoms with Crippen LogP contribution in [0.3, 0.4) is 0 Å². The lowest BCUT2D eigenvalue weighted by Gasteiger charge is -2.53. The molecule has 0 unspecified atom stereocenters. The monoisotopic (exact) mass is 1320 g/mol. The number of rotatable bonds is 48. The standard InChI is InChI=1S/C66H134O12SSi6/c1-21-23-25-27-29-31-33-35-37-39-41-43-45-47-49-51-57(67)69-53-55-59(73-80(3,4)5)61(75-82(9,10)11)63(77-84(15,16)17)65(71-55)79-66-64(78-85(18,19)20)62(76-83(12,13)14)60(74-81(6,7)8)56(72-66)54-70-58(68)52-50-48-46-44-42-40-38-36-34-32-30-28-26-24-22-2/h35-38,55-56,59-66H,21-34,39-54H2,1-20H3/b37-35-,38-36-/t55-,56-,59-,60-,61+,62+,63-,64-,65-,66-/m1/s1. The van der Waals surface area contributed by atoms with Crippen LogP contribution in [0.5, 0.6) is 0 Å². The van der Waals surface area contributed by atoms with E-state index in [0.29, 0.717) is 12.8 Å². The summed E-state index contributed by atoms with van der Waals surface area (Å²) in [7, 11) is -13.8. The highest BCUT2D eigenvalue weighted by Gasteiger charge is 2.57. The molecule has 0 radical (unpaired) electrons. The van der Waals surface area contributed by atoms with E-state index in [-0.39, 0.29) is 25.2 Å². The van der Waals surface area contributed by atoms with Crippen molar-refractivity contribution in [1.82, 2.24) is 0 Å². The lowest BCUT2D eigenvalue weighted by atomic mass is 10.00. The second-order valence-corrected chi connectivity index (χ2v) is 58.4. The van der Waals surface area contributed by atoms with Gasteiger partial charge in [0.05, 0.1) is 0 Å². The number of unbranched alkanes of at least 4 members (excludes halogenated alkanes) is 22. The van der Waals surface area contributed by atoms with Crippen LogP contribution < -0.4 is 0 Å². The second kappa shape index (κ2) is 42.1. The summed E-state index contributed by atoms with van der Waals surface area (Å²) in [5.41, 5.74) is -1.32. The fraction of sp³-hybridized carbons (Fsp3) is 0.909. The van der Waals surface area contributed by atoms with Crippen LogP contribution in [0.25, 0.3) is 0 Å². The van der Waals surface area contributed by atoms with Crippen molar-refractivity contribution >= 4 is 73.6 Å². The Balaban J connectivity index is 2.41. The minimum absolute atomic E-state index is 0.0183. The van der Waals surface area contributed by atoms with E-state index in [2.05, 4.69) is 156 Å². The van der Waals surface area contributed by atoms with Crippen LogP contribution in [-0.4, -0.2) is 135 Å². The molecule has 2 heterocycles. The van der Waals surface area contributed by atoms with Crippen molar-refractivity contribution in [3.63, 3.8) is 0 Å². The van der Waals surface area contributed by atoms with Gasteiger partial charge in [0.2, 0.25) is 0 Å². The molecule has 85 heavy (non-hydrogen) atoms. The van der Waals surface area contributed by atoms with E-state index >= 15 is 0 Å². The highest BCUT2D eigenvalue weighted by molar-refractivity contribution is 8.00. The number of hydrogen-bond acceptors (Lipinski definition) is 13. The Morgan fingerprint density at radius 1 is 0.329 bits per heavy atom. The maximum atomic E-state index is 13.7. The Kier molecular flexibility index (Phi) is 40.0. The van der Waals surface area contributed by atoms with Crippen molar-refractivity contribution in [3.8, 4) is 0 Å². The first-order chi connectivity index (χ1) is 39.7. The van der Waals surface area contributed by atoms with Crippen LogP contribution in [0.4, 0.5) is 0 Å². The summed E-state index contributed by atoms with van der Waals surface area (Å²) >= 11 is 1.52. The van der Waals surface area contributed by atoms with Crippen molar-refractivity contribution in [2.24, 2.45) is 0 Å². The third kappa shape index (κ3) is 40.4. The molecule has 500 valence electrons. The van der Waals surface area contributed by atoms with Crippen molar-refractivity contribution in [2.75, 3.05) is 13.2 Å². The summed E-state index contributed by atoms with van der Waals surface area (Å²) in [4.78, 5) is 27.4. The minimum atomic E-state index is -2.32. The van der Waals surface area contributed by atoms with Crippen LogP contribution in [0.15, 0.2) is 24.3 Å². The number of thioether (sulfide) groups is 1. The first-order valence-electron chi connectivity index (χ1n) is 34.4. The van der Waals surface area contributed by atoms with Gasteiger partial charge < -0.3 is 45.5 Å². The summed E-state index contributed by atoms with van der Waals surface area (Å²) in [6, 6.07) is 0. The van der Waals surface area contributed by atoms with Gasteiger partial charge in [0.25, 0.3) is 0 Å². The zero-order valence-electron chi connectivity index (χ0n) is 58.6. The number of carbonyl (C=O) groups excluding carboxylic acids is 2. The van der Waals surface area contributed by atoms with Gasteiger partial charge in [0.15, 0.2) is 49.9 Å². The normalized spacial score (nSPS) is 24.0. The minimum Gasteiger partial charge on any atom is -0.463 e. The third-order valence-electron chi connectivity index (χ3n) is 14.5. The van der Waals surface area contributed by atoms with Gasteiger partial charge in [0.1, 0.15) is 72.9 Å². The molecule has 0 aromatic heterocycles. The Morgan fingerprint density at radius 2 is 0.565 bits per heavy atom. The van der Waals surface area contributed by atoms with Crippen molar-refractivity contribution in [1.29, 1.82) is 0 Å². The number of ether oxygens (including phenoxy) is 4. The van der Waals surface area contributed by atoms with E-state index < -0.39 is 110 Å². The van der Waals surface area contributed by atoms with Crippen LogP contribution in [0, 0.1) is 0 Å². The molecule has 0 aromatic rings. The maximum absolute atomic E-state index is 13.7. The molecule has 0 saturated carbocycles. The van der Waals surface area contributed by atoms with Gasteiger partial charge in [0, 0.05) is 12.8 Å². The summed E-state index contributed by atoms with van der Waals surface area (Å²) in [6.07, 6.45) is 36.6. The largest absolute Gasteiger partial charge is 0.463 e. The molecular formula is C66H134O12SSi6. The molecule has 0 amide bonds. The summed E-state index contributed by atoms with van der Waals surface area (Å²) in [6.45, 7) is 44.1. The van der Waals surface area contributed by atoms with Gasteiger partial charge in [-0.2, -0.15) is 0 Å². The fourth-order valence-corrected chi connectivity index (χ4v) is 18.9. The van der Waals surface area contributed by atoms with E-state index in [1.165, 1.54) is 114 Å². The molecule has 0 aromatic carbocycles. The molecule has 0 spiro atoms. The lowest BCUT2D eigenvalue weighted by Crippen LogP contribution is -2.67. The lowest BCUT2D eigenvalue weighted by molar-refractivity contribution is -0.205. The molecule has 2 rings (SSSR count). The zero-order valence-corrected chi connectivity index (χ0v) is 65.4. The van der Waals surface area contributed by atoms with Crippen molar-refractivity contribution in [3.05, 3.63) is 24.3 Å². The SMILES string of the molecule is CCCCCCCC/C=C\CCCCCCCC(=O)OC[C@H]1O[C@H](S[C@H]2O[C@H](COC(=O)CCCCCCC/C=C\CCCCCCCC)[C@@H](O[Si](C)(C)C)[C@H](O[Si](C)(C)C)[C@H]2O[Si](C)(C)C)[C@H](O[Si](C)(C)C)[C@@H](O[Si](C)(C)C)[C@@H]1O[Si](C)(C)C. The Morgan fingerprint density at radius 3 is 0.835 bits per heavy atom. The Bertz CT molecular complexity index is 1700. The molecule has 19 heteroatoms. The fourth-order valence-electron chi connectivity index (χ4n) is 10.8. The van der Waals surface area contributed by atoms with Gasteiger partial charge in [-0.05, 0) is 182 Å². The van der Waals surface area contributed by atoms with Crippen LogP contribution >= 0.6 is 11.8 Å². The van der Waals surface area contributed by atoms with Crippen molar-refractivity contribution in [2.45, 2.75) is 371 Å². The van der Waals surface area contributed by atoms with Crippen LogP contribution in [0.2, 0.25) is 118 Å². The highest BCUT2D eigenvalue weighted by Crippen LogP contribution is 2.44. The zero-order chi connectivity index (χ0) is 63.7. The van der Waals surface area contributed by atoms with Crippen LogP contribution in [0.1, 0.15) is 194 Å². The number of carbonyl (C=O) groups is 2. The number of allylic oxidation sites excluding steroid dienone is 4. The Labute approximate surface area is 534 Å². The predicted octanol–water partition coefficient (Wildman–Crippen LogP) is 19.7. The van der Waals surface area contributed by atoms with Gasteiger partial charge >= 0.3 is 11.9 Å². The summed E-state index contributed by atoms with van der Waals surface area (Å²) in [5, 5.41) is 0. The maximum Gasteiger partial charge on any atom is 0.305 e. The second-order valence-electron chi connectivity index (χ2n) is 30.4. The molecular weight excluding hydrogens is 1190 g/mol. The van der Waals surface area contributed by atoms with E-state index in [0.717, 1.165) is 64.2 Å². The van der Waals surface area contributed by atoms with Gasteiger partial charge in [-0.15, -0.1) is 0 Å². The van der Waals surface area contributed by atoms with Crippen LogP contribution in [-0.2, 0) is 55.1 Å². The average Bonchev–Trinajstić information content (AvgIpc) is 1.13. The molecule has 2 saturated heterocycles. The first kappa shape index (κ1) is 80.8. The highest BCUT2D eigenvalue weighted by atomic mass is 32.2. The predicted molar refractivity (Wildman–Crippen MR) is 375 cm³/mol. The van der Waals surface area contributed by atoms with E-state index in [4.69, 9.17) is 45.5 Å². The van der Waals surface area contributed by atoms with Gasteiger partial charge in [-0.1, -0.05) is 153 Å². The quantitative estimate of drug-likeness (QED) is 0.0248. The Hall–Kier alpha value is -0.249. The molecule has 12 nitrogen and oxygen atoms in total. The first-order valence-corrected chi connectivity index (χ1v) is 55.7. The molecule has 0 aliphatic carbocycles.